The van der Waals surface area contributed by atoms with Crippen molar-refractivity contribution in [2.24, 2.45) is 13.0 Å². The molecule has 7 rings (SSSR count). The molecule has 3 saturated heterocycles. The molecular weight excluding hydrogens is 653 g/mol. The molecule has 2 atom stereocenters. The van der Waals surface area contributed by atoms with Crippen molar-refractivity contribution >= 4 is 41.0 Å². The monoisotopic (exact) mass is 711 g/mol. The number of rotatable bonds is 10. The average Bonchev–Trinajstić information content (AvgIpc) is 3.56. The smallest absolute Gasteiger partial charge is 0.490 e. The first kappa shape index (κ1) is 36.9. The number of carbonyl (C=O) groups is 2. The SMILES string of the molecule is Cc1c(OC2CCC(CCC[C@@H](C)N3CCN(c4cccc5c(C6CCC(=O)NC6=O)nn(C)c45)CC3)CC2)cccc1B1OC(C)(C)C(C)(C)O1. The maximum Gasteiger partial charge on any atom is 0.495 e. The molecule has 0 radical (unpaired) electrons. The number of carbonyl (C=O) groups excluding carboxylic acids is 2. The van der Waals surface area contributed by atoms with Gasteiger partial charge in [-0.1, -0.05) is 37.1 Å². The summed E-state index contributed by atoms with van der Waals surface area (Å²) in [6, 6.07) is 13.1. The topological polar surface area (TPSA) is 98.2 Å². The second-order valence-electron chi connectivity index (χ2n) is 16.8. The molecule has 1 aromatic heterocycles. The molecule has 4 heterocycles. The van der Waals surface area contributed by atoms with E-state index in [2.05, 4.69) is 93.1 Å². The van der Waals surface area contributed by atoms with Crippen LogP contribution in [0.2, 0.25) is 0 Å². The number of para-hydroxylation sites is 1. The molecule has 2 aromatic carbocycles. The molecule has 1 N–H and O–H groups in total. The molecule has 0 spiro atoms. The molecule has 1 unspecified atom stereocenters. The molecule has 2 amide bonds. The molecule has 11 heteroatoms. The number of anilines is 1. The average molecular weight is 712 g/mol. The molecule has 4 aliphatic rings. The minimum Gasteiger partial charge on any atom is -0.490 e. The van der Waals surface area contributed by atoms with Gasteiger partial charge in [-0.3, -0.25) is 24.5 Å². The van der Waals surface area contributed by atoms with E-state index in [9.17, 15) is 9.59 Å². The summed E-state index contributed by atoms with van der Waals surface area (Å²) in [5, 5.41) is 8.31. The molecular formula is C41H58BN5O5. The summed E-state index contributed by atoms with van der Waals surface area (Å²) in [5.74, 6) is 0.914. The van der Waals surface area contributed by atoms with Crippen LogP contribution in [0.3, 0.4) is 0 Å². The number of imide groups is 1. The molecule has 280 valence electrons. The van der Waals surface area contributed by atoms with Gasteiger partial charge < -0.3 is 18.9 Å². The fourth-order valence-electron chi connectivity index (χ4n) is 8.80. The van der Waals surface area contributed by atoms with Crippen LogP contribution < -0.4 is 20.4 Å². The van der Waals surface area contributed by atoms with Crippen molar-refractivity contribution in [3.63, 3.8) is 0 Å². The normalized spacial score (nSPS) is 25.8. The van der Waals surface area contributed by atoms with Crippen molar-refractivity contribution in [3.8, 4) is 5.75 Å². The van der Waals surface area contributed by atoms with E-state index in [4.69, 9.17) is 19.1 Å². The first-order valence-corrected chi connectivity index (χ1v) is 19.7. The van der Waals surface area contributed by atoms with E-state index in [0.717, 1.165) is 78.3 Å². The van der Waals surface area contributed by atoms with Crippen LogP contribution in [0.15, 0.2) is 36.4 Å². The lowest BCUT2D eigenvalue weighted by Crippen LogP contribution is -2.49. The van der Waals surface area contributed by atoms with E-state index in [-0.39, 0.29) is 42.2 Å². The van der Waals surface area contributed by atoms with E-state index in [1.54, 1.807) is 0 Å². The Kier molecular flexibility index (Phi) is 10.5. The highest BCUT2D eigenvalue weighted by atomic mass is 16.7. The fraction of sp³-hybridized carbons (Fsp3) is 0.634. The van der Waals surface area contributed by atoms with Gasteiger partial charge >= 0.3 is 7.12 Å². The predicted molar refractivity (Wildman–Crippen MR) is 206 cm³/mol. The van der Waals surface area contributed by atoms with Crippen LogP contribution in [0.25, 0.3) is 10.9 Å². The van der Waals surface area contributed by atoms with Gasteiger partial charge in [0, 0.05) is 51.1 Å². The van der Waals surface area contributed by atoms with Gasteiger partial charge in [-0.15, -0.1) is 0 Å². The molecule has 1 aliphatic carbocycles. The van der Waals surface area contributed by atoms with Gasteiger partial charge in [0.25, 0.3) is 0 Å². The van der Waals surface area contributed by atoms with E-state index >= 15 is 0 Å². The number of hydrogen-bond acceptors (Lipinski definition) is 8. The van der Waals surface area contributed by atoms with Crippen molar-refractivity contribution in [1.82, 2.24) is 20.0 Å². The molecule has 4 fully saturated rings. The van der Waals surface area contributed by atoms with E-state index in [0.29, 0.717) is 18.9 Å². The summed E-state index contributed by atoms with van der Waals surface area (Å²) in [6.45, 7) is 16.9. The quantitative estimate of drug-likeness (QED) is 0.202. The zero-order valence-corrected chi connectivity index (χ0v) is 32.4. The van der Waals surface area contributed by atoms with E-state index in [1.807, 2.05) is 11.7 Å². The maximum atomic E-state index is 12.7. The summed E-state index contributed by atoms with van der Waals surface area (Å²) in [7, 11) is 1.58. The number of aryl methyl sites for hydroxylation is 1. The molecule has 3 aromatic rings. The number of amides is 2. The van der Waals surface area contributed by atoms with Gasteiger partial charge in [0.05, 0.1) is 40.1 Å². The number of nitrogens with zero attached hydrogens (tertiary/aromatic N) is 4. The highest BCUT2D eigenvalue weighted by molar-refractivity contribution is 6.62. The van der Waals surface area contributed by atoms with Crippen molar-refractivity contribution in [2.45, 2.75) is 129 Å². The third-order valence-corrected chi connectivity index (χ3v) is 12.9. The number of piperazine rings is 1. The highest BCUT2D eigenvalue weighted by Gasteiger charge is 2.52. The largest absolute Gasteiger partial charge is 0.495 e. The van der Waals surface area contributed by atoms with Gasteiger partial charge in [-0.2, -0.15) is 5.10 Å². The zero-order valence-electron chi connectivity index (χ0n) is 32.4. The number of aromatic nitrogens is 2. The number of nitrogens with one attached hydrogen (secondary N) is 1. The van der Waals surface area contributed by atoms with Crippen LogP contribution in [0.5, 0.6) is 5.75 Å². The van der Waals surface area contributed by atoms with Gasteiger partial charge in [0.1, 0.15) is 5.75 Å². The maximum absolute atomic E-state index is 12.7. The second kappa shape index (κ2) is 14.8. The lowest BCUT2D eigenvalue weighted by Gasteiger charge is -2.39. The van der Waals surface area contributed by atoms with Crippen molar-refractivity contribution in [3.05, 3.63) is 47.7 Å². The highest BCUT2D eigenvalue weighted by Crippen LogP contribution is 2.38. The number of fused-ring (bicyclic) bond motifs is 1. The summed E-state index contributed by atoms with van der Waals surface area (Å²) in [5.41, 5.74) is 4.46. The number of piperidine rings is 1. The molecule has 3 aliphatic heterocycles. The Hall–Kier alpha value is -3.41. The minimum absolute atomic E-state index is 0.198. The standard InChI is InChI=1S/C41H58BN5O5/c1-27(46-23-25-47(26-24-46)34-15-9-13-31-37(44-45(7)38(31)34)32-21-22-36(48)43-39(32)49)11-8-12-29-17-19-30(20-18-29)50-35-16-10-14-33(28(35)2)42-51-40(3,4)41(5,6)52-42/h9-10,13-16,27,29-30,32H,8,11-12,17-26H2,1-7H3,(H,43,48,49)/t27-,29?,30?,32?/m1/s1. The van der Waals surface area contributed by atoms with Crippen LogP contribution in [0.1, 0.15) is 110 Å². The number of benzene rings is 2. The Bertz CT molecular complexity index is 1760. The van der Waals surface area contributed by atoms with Gasteiger partial charge in [-0.05, 0) is 109 Å². The van der Waals surface area contributed by atoms with E-state index in [1.165, 1.54) is 37.8 Å². The summed E-state index contributed by atoms with van der Waals surface area (Å²) < 4.78 is 21.2. The first-order chi connectivity index (χ1) is 24.8. The van der Waals surface area contributed by atoms with Crippen LogP contribution in [-0.4, -0.2) is 83.1 Å². The van der Waals surface area contributed by atoms with Crippen molar-refractivity contribution in [1.29, 1.82) is 0 Å². The third kappa shape index (κ3) is 7.38. The van der Waals surface area contributed by atoms with Crippen LogP contribution in [-0.2, 0) is 25.9 Å². The summed E-state index contributed by atoms with van der Waals surface area (Å²) in [4.78, 5) is 29.5. The Labute approximate surface area is 310 Å². The molecule has 1 saturated carbocycles. The van der Waals surface area contributed by atoms with Crippen LogP contribution in [0.4, 0.5) is 5.69 Å². The Morgan fingerprint density at radius 3 is 2.35 bits per heavy atom. The first-order valence-electron chi connectivity index (χ1n) is 19.7. The van der Waals surface area contributed by atoms with Gasteiger partial charge in [0.15, 0.2) is 0 Å². The third-order valence-electron chi connectivity index (χ3n) is 12.9. The number of hydrogen-bond donors (Lipinski definition) is 1. The van der Waals surface area contributed by atoms with Crippen molar-refractivity contribution in [2.75, 3.05) is 31.1 Å². The predicted octanol–water partition coefficient (Wildman–Crippen LogP) is 6.02. The van der Waals surface area contributed by atoms with Gasteiger partial charge in [0.2, 0.25) is 11.8 Å². The Morgan fingerprint density at radius 1 is 0.962 bits per heavy atom. The molecule has 0 bridgehead atoms. The zero-order chi connectivity index (χ0) is 36.8. The Morgan fingerprint density at radius 2 is 1.65 bits per heavy atom. The van der Waals surface area contributed by atoms with Crippen molar-refractivity contribution < 1.29 is 23.6 Å². The van der Waals surface area contributed by atoms with Crippen LogP contribution in [0, 0.1) is 12.8 Å². The van der Waals surface area contributed by atoms with Crippen LogP contribution >= 0.6 is 0 Å². The summed E-state index contributed by atoms with van der Waals surface area (Å²) >= 11 is 0. The van der Waals surface area contributed by atoms with E-state index < -0.39 is 0 Å². The lowest BCUT2D eigenvalue weighted by molar-refractivity contribution is -0.134. The summed E-state index contributed by atoms with van der Waals surface area (Å²) in [6.07, 6.45) is 9.61. The Balaban J connectivity index is 0.855. The fourth-order valence-corrected chi connectivity index (χ4v) is 8.80. The minimum atomic E-state index is -0.390. The number of ether oxygens (including phenoxy) is 1. The second-order valence-corrected chi connectivity index (χ2v) is 16.8. The lowest BCUT2D eigenvalue weighted by atomic mass is 9.76. The molecule has 52 heavy (non-hydrogen) atoms. The van der Waals surface area contributed by atoms with Gasteiger partial charge in [-0.25, -0.2) is 0 Å². The molecule has 10 nitrogen and oxygen atoms in total.